The van der Waals surface area contributed by atoms with Crippen LogP contribution in [0.1, 0.15) is 91.9 Å². The van der Waals surface area contributed by atoms with Crippen LogP contribution in [0.3, 0.4) is 0 Å². The highest BCUT2D eigenvalue weighted by molar-refractivity contribution is 8.04. The molecule has 0 fully saturated rings. The molecule has 4 heterocycles. The Labute approximate surface area is 593 Å². The van der Waals surface area contributed by atoms with Crippen molar-refractivity contribution >= 4 is 105 Å². The zero-order valence-corrected chi connectivity index (χ0v) is 60.1. The number of amides is 1. The van der Waals surface area contributed by atoms with Gasteiger partial charge < -0.3 is 38.7 Å². The number of methoxy groups -OCH3 is 2. The molecule has 0 saturated heterocycles. The van der Waals surface area contributed by atoms with Crippen LogP contribution in [-0.2, 0) is 43.3 Å². The quantitative estimate of drug-likeness (QED) is 0.0107. The van der Waals surface area contributed by atoms with Crippen LogP contribution in [0.4, 0.5) is 22.7 Å². The molecule has 0 N–H and O–H groups in total. The van der Waals surface area contributed by atoms with Gasteiger partial charge in [0.1, 0.15) is 13.2 Å². The zero-order chi connectivity index (χ0) is 68.9. The molecule has 96 heavy (non-hydrogen) atoms. The number of benzene rings is 4. The molecule has 0 aromatic heterocycles. The highest BCUT2D eigenvalue weighted by Crippen LogP contribution is 2.52. The molecule has 0 saturated carbocycles. The first kappa shape index (κ1) is 76.5. The molecule has 8 rings (SSSR count). The van der Waals surface area contributed by atoms with Gasteiger partial charge in [0, 0.05) is 95.1 Å². The fourth-order valence-corrected chi connectivity index (χ4v) is 15.6. The Bertz CT molecular complexity index is 3460. The van der Waals surface area contributed by atoms with E-state index in [1.807, 2.05) is 67.3 Å². The van der Waals surface area contributed by atoms with E-state index in [9.17, 15) is 9.59 Å². The number of rotatable bonds is 36. The lowest BCUT2D eigenvalue weighted by atomic mass is 10.2. The van der Waals surface area contributed by atoms with Crippen LogP contribution in [0.2, 0.25) is 10.0 Å². The molecule has 1 amide bonds. The van der Waals surface area contributed by atoms with Crippen molar-refractivity contribution in [1.82, 2.24) is 4.90 Å². The standard InChI is InChI=1S/C37H42Cl2N4O8S2.C35H41N5OS2/c1-8-35(44)47-19-26(20-48-50-22-29(40-4)36-42(15-13-24(2)45-6)31-11-9-27(38)17-33(31)52-36)21-49-51-23-30(41-5)37-43(16-14-25(3)46-7)32-12-10-28(39)18-34(32)53-37;1-6-9-25-39-29-19-11-13-21-31(29)42-34(39)27(36-4)17-15-23-38(33(41)8-3)24-16-18-28(37-5)35-40(26-10-7-2)30-20-12-14-22-32(30)43-35/h8-12,17-18,24-26H,1,13-16,19-23H2,2-3,6-7H3;8,11-14,19-22H,3,6-7,9-10,15-18,23-26H2,1-2H3/b36-29+,37-30?;34-27+,35-28+. The van der Waals surface area contributed by atoms with E-state index in [2.05, 4.69) is 102 Å². The van der Waals surface area contributed by atoms with Crippen molar-refractivity contribution in [3.8, 4) is 0 Å². The van der Waals surface area contributed by atoms with Gasteiger partial charge in [0.15, 0.2) is 11.4 Å². The molecule has 0 bridgehead atoms. The van der Waals surface area contributed by atoms with Gasteiger partial charge >= 0.3 is 5.97 Å². The summed E-state index contributed by atoms with van der Waals surface area (Å²) >= 11 is 18.8. The first-order valence-corrected chi connectivity index (χ1v) is 36.0. The van der Waals surface area contributed by atoms with Gasteiger partial charge in [0.2, 0.25) is 17.3 Å². The van der Waals surface area contributed by atoms with E-state index in [-0.39, 0.29) is 51.1 Å². The number of para-hydroxylation sites is 2. The number of unbranched alkanes of at least 4 members (excludes halogenated alkanes) is 2. The predicted octanol–water partition coefficient (Wildman–Crippen LogP) is 18.3. The van der Waals surface area contributed by atoms with Crippen molar-refractivity contribution in [3.05, 3.63) is 209 Å². The molecule has 24 heteroatoms. The Kier molecular flexibility index (Phi) is 32.0. The number of esters is 1. The molecule has 3 unspecified atom stereocenters. The van der Waals surface area contributed by atoms with Crippen LogP contribution < -0.4 is 19.6 Å². The Morgan fingerprint density at radius 2 is 0.927 bits per heavy atom. The summed E-state index contributed by atoms with van der Waals surface area (Å²) in [5, 5.41) is 4.71. The van der Waals surface area contributed by atoms with Gasteiger partial charge in [0.05, 0.1) is 101 Å². The number of carbonyl (C=O) groups excluding carboxylic acids is 2. The largest absolute Gasteiger partial charge is 0.462 e. The van der Waals surface area contributed by atoms with Crippen molar-refractivity contribution in [2.24, 2.45) is 5.92 Å². The number of nitrogens with zero attached hydrogens (tertiary/aromatic N) is 9. The minimum absolute atomic E-state index is 0.0274. The number of carbonyl (C=O) groups is 2. The molecule has 3 atom stereocenters. The monoisotopic (exact) mass is 1420 g/mol. The minimum atomic E-state index is -0.612. The summed E-state index contributed by atoms with van der Waals surface area (Å²) in [7, 11) is 3.33. The van der Waals surface area contributed by atoms with Crippen LogP contribution in [0.15, 0.2) is 173 Å². The van der Waals surface area contributed by atoms with Gasteiger partial charge in [-0.05, 0) is 132 Å². The highest BCUT2D eigenvalue weighted by Gasteiger charge is 2.33. The molecule has 18 nitrogen and oxygen atoms in total. The molecular formula is C72H83Cl2N9O9S4. The number of halogens is 2. The second kappa shape index (κ2) is 40.1. The molecule has 4 aromatic rings. The van der Waals surface area contributed by atoms with Gasteiger partial charge in [-0.2, -0.15) is 0 Å². The van der Waals surface area contributed by atoms with Crippen LogP contribution in [-0.4, -0.2) is 116 Å². The number of fused-ring (bicyclic) bond motifs is 4. The van der Waals surface area contributed by atoms with Crippen molar-refractivity contribution in [1.29, 1.82) is 0 Å². The molecule has 0 radical (unpaired) electrons. The molecule has 0 aliphatic carbocycles. The number of hydrogen-bond acceptors (Lipinski definition) is 17. The number of anilines is 4. The molecule has 0 spiro atoms. The SMILES string of the molecule is [C-]#[N+]/C(CCCN(CCC/C([N+]#[C-])=C1\Sc2ccccc2N1CCCC)C(=O)C=C)=C1/Sc2ccccc2N1CCCC.[C-]#[N+]C(COOCC(COOC/C([N+]#[C-])=C1\Sc2cc(Cl)ccc2N1CCC(C)OC)COC(=O)C=C)=C1Sc2cc(Cl)ccc2N1CCC(C)OC. The second-order valence-electron chi connectivity index (χ2n) is 22.5. The summed E-state index contributed by atoms with van der Waals surface area (Å²) in [5.41, 5.74) is 6.48. The summed E-state index contributed by atoms with van der Waals surface area (Å²) in [6.07, 6.45) is 10.9. The maximum Gasteiger partial charge on any atom is 0.330 e. The van der Waals surface area contributed by atoms with E-state index in [0.717, 1.165) is 110 Å². The van der Waals surface area contributed by atoms with Gasteiger partial charge in [0.25, 0.3) is 0 Å². The average molecular weight is 1420 g/mol. The normalized spacial score (nSPS) is 16.5. The van der Waals surface area contributed by atoms with Gasteiger partial charge in [-0.3, -0.25) is 4.79 Å². The first-order valence-electron chi connectivity index (χ1n) is 31.9. The lowest BCUT2D eigenvalue weighted by Crippen LogP contribution is -2.31. The van der Waals surface area contributed by atoms with E-state index in [1.165, 1.54) is 50.8 Å². The van der Waals surface area contributed by atoms with Crippen molar-refractivity contribution in [2.45, 2.75) is 124 Å². The van der Waals surface area contributed by atoms with Gasteiger partial charge in [-0.15, -0.1) is 0 Å². The van der Waals surface area contributed by atoms with Crippen LogP contribution in [0.25, 0.3) is 19.4 Å². The third-order valence-electron chi connectivity index (χ3n) is 15.8. The fraction of sp³-hybridized carbons (Fsp3) is 0.417. The smallest absolute Gasteiger partial charge is 0.330 e. The summed E-state index contributed by atoms with van der Waals surface area (Å²) in [6.45, 7) is 50.9. The predicted molar refractivity (Wildman–Crippen MR) is 389 cm³/mol. The number of allylic oxidation sites excluding steroid dienone is 2. The fourth-order valence-electron chi connectivity index (χ4n) is 10.4. The van der Waals surface area contributed by atoms with E-state index >= 15 is 0 Å². The summed E-state index contributed by atoms with van der Waals surface area (Å²) in [5.74, 6) is -1.24. The third-order valence-corrected chi connectivity index (χ3v) is 21.1. The first-order chi connectivity index (χ1) is 46.7. The maximum absolute atomic E-state index is 12.8. The van der Waals surface area contributed by atoms with E-state index < -0.39 is 11.9 Å². The molecule has 4 aliphatic heterocycles. The Balaban J connectivity index is 0.000000277. The Morgan fingerprint density at radius 3 is 1.32 bits per heavy atom. The maximum atomic E-state index is 12.8. The van der Waals surface area contributed by atoms with Crippen LogP contribution in [0.5, 0.6) is 0 Å². The number of ether oxygens (including phenoxy) is 3. The lowest BCUT2D eigenvalue weighted by Gasteiger charge is -2.24. The van der Waals surface area contributed by atoms with E-state index in [4.69, 9.17) is 83.3 Å². The number of hydrogen-bond donors (Lipinski definition) is 0. The molecule has 508 valence electrons. The van der Waals surface area contributed by atoms with Crippen molar-refractivity contribution < 1.29 is 43.3 Å². The van der Waals surface area contributed by atoms with Crippen LogP contribution >= 0.6 is 70.2 Å². The van der Waals surface area contributed by atoms with Gasteiger partial charge in [-0.1, -0.05) is 134 Å². The summed E-state index contributed by atoms with van der Waals surface area (Å²) in [6, 6.07) is 28.0. The van der Waals surface area contributed by atoms with Crippen molar-refractivity contribution in [3.63, 3.8) is 0 Å². The third kappa shape index (κ3) is 21.3. The molecular weight excluding hydrogens is 1330 g/mol. The van der Waals surface area contributed by atoms with Crippen molar-refractivity contribution in [2.75, 3.05) is 106 Å². The Hall–Kier alpha value is -6.84. The summed E-state index contributed by atoms with van der Waals surface area (Å²) < 4.78 is 16.1. The van der Waals surface area contributed by atoms with Gasteiger partial charge in [-0.25, -0.2) is 43.7 Å². The van der Waals surface area contributed by atoms with E-state index in [0.29, 0.717) is 73.3 Å². The topological polar surface area (TPSA) is 132 Å². The number of thioether (sulfide) groups is 4. The summed E-state index contributed by atoms with van der Waals surface area (Å²) in [4.78, 5) is 76.9. The molecule has 4 aromatic carbocycles. The highest BCUT2D eigenvalue weighted by atomic mass is 35.5. The average Bonchev–Trinajstić information content (AvgIpc) is 1.68. The second-order valence-corrected chi connectivity index (χ2v) is 27.5. The minimum Gasteiger partial charge on any atom is -0.462 e. The van der Waals surface area contributed by atoms with Crippen LogP contribution in [0, 0.1) is 32.2 Å². The van der Waals surface area contributed by atoms with E-state index in [1.54, 1.807) is 37.7 Å². The molecule has 4 aliphatic rings. The zero-order valence-electron chi connectivity index (χ0n) is 55.3. The lowest BCUT2D eigenvalue weighted by molar-refractivity contribution is -0.322. The Morgan fingerprint density at radius 1 is 0.531 bits per heavy atom.